The maximum Gasteiger partial charge on any atom is 0.336 e. The van der Waals surface area contributed by atoms with E-state index in [9.17, 15) is 18.0 Å². The van der Waals surface area contributed by atoms with Crippen molar-refractivity contribution in [3.8, 4) is 0 Å². The van der Waals surface area contributed by atoms with Gasteiger partial charge in [0.05, 0.1) is 10.8 Å². The number of carboxylic acid groups (broad SMARTS) is 1. The fourth-order valence-electron chi connectivity index (χ4n) is 2.79. The van der Waals surface area contributed by atoms with Crippen LogP contribution < -0.4 is 0 Å². The zero-order chi connectivity index (χ0) is 14.5. The van der Waals surface area contributed by atoms with Gasteiger partial charge in [0.15, 0.2) is 9.84 Å². The third-order valence-electron chi connectivity index (χ3n) is 3.96. The Morgan fingerprint density at radius 1 is 1.35 bits per heavy atom. The highest BCUT2D eigenvalue weighted by atomic mass is 32.2. The molecule has 20 heavy (non-hydrogen) atoms. The number of nitrogens with zero attached hydrogens (tertiary/aromatic N) is 1. The number of hydrogen-bond donors (Lipinski definition) is 1. The summed E-state index contributed by atoms with van der Waals surface area (Å²) in [4.78, 5) is 24.6. The quantitative estimate of drug-likeness (QED) is 0.865. The molecule has 4 rings (SSSR count). The maximum atomic E-state index is 12.1. The van der Waals surface area contributed by atoms with Crippen molar-refractivity contribution in [1.29, 1.82) is 0 Å². The van der Waals surface area contributed by atoms with Crippen LogP contribution in [-0.4, -0.2) is 47.3 Å². The Hall–Kier alpha value is -1.89. The number of sulfone groups is 1. The molecule has 0 radical (unpaired) electrons. The summed E-state index contributed by atoms with van der Waals surface area (Å²) in [5, 5.41) is 7.70. The van der Waals surface area contributed by atoms with Crippen molar-refractivity contribution < 1.29 is 23.1 Å². The summed E-state index contributed by atoms with van der Waals surface area (Å²) >= 11 is 0. The first-order valence-electron chi connectivity index (χ1n) is 6.24. The molecule has 3 aliphatic heterocycles. The van der Waals surface area contributed by atoms with Gasteiger partial charge in [-0.1, -0.05) is 18.2 Å². The normalized spacial score (nSPS) is 27.0. The lowest BCUT2D eigenvalue weighted by Crippen LogP contribution is -2.64. The van der Waals surface area contributed by atoms with E-state index in [4.69, 9.17) is 5.11 Å². The lowest BCUT2D eigenvalue weighted by molar-refractivity contribution is -0.134. The van der Waals surface area contributed by atoms with Crippen LogP contribution >= 0.6 is 0 Å². The summed E-state index contributed by atoms with van der Waals surface area (Å²) < 4.78 is 23.3. The summed E-state index contributed by atoms with van der Waals surface area (Å²) in [5.74, 6) is -1.46. The van der Waals surface area contributed by atoms with Crippen molar-refractivity contribution >= 4 is 21.7 Å². The molecular formula is C13H13NO5S. The summed E-state index contributed by atoms with van der Waals surface area (Å²) in [6, 6.07) is 6.44. The van der Waals surface area contributed by atoms with Crippen LogP contribution in [-0.2, 0) is 21.2 Å². The number of carbonyl (C=O) groups is 2. The molecule has 1 N–H and O–H groups in total. The van der Waals surface area contributed by atoms with Crippen molar-refractivity contribution in [3.63, 3.8) is 0 Å². The predicted molar refractivity (Wildman–Crippen MR) is 69.9 cm³/mol. The first-order chi connectivity index (χ1) is 9.41. The third-order valence-corrected chi connectivity index (χ3v) is 6.42. The molecule has 1 aromatic rings. The third kappa shape index (κ3) is 1.81. The monoisotopic (exact) mass is 295 g/mol. The van der Waals surface area contributed by atoms with Gasteiger partial charge in [0, 0.05) is 13.1 Å². The van der Waals surface area contributed by atoms with Crippen LogP contribution in [0.15, 0.2) is 24.3 Å². The van der Waals surface area contributed by atoms with Crippen molar-refractivity contribution in [3.05, 3.63) is 35.4 Å². The molecule has 1 aromatic carbocycles. The van der Waals surface area contributed by atoms with Gasteiger partial charge in [-0.15, -0.1) is 0 Å². The maximum absolute atomic E-state index is 12.1. The molecule has 0 aromatic heterocycles. The van der Waals surface area contributed by atoms with Crippen LogP contribution in [0.2, 0.25) is 0 Å². The summed E-state index contributed by atoms with van der Waals surface area (Å²) in [5.41, 5.74) is 0.662. The van der Waals surface area contributed by atoms with Crippen molar-refractivity contribution in [2.45, 2.75) is 23.5 Å². The molecule has 3 heterocycles. The minimum atomic E-state index is -3.27. The second kappa shape index (κ2) is 4.31. The molecule has 3 saturated heterocycles. The Morgan fingerprint density at radius 3 is 2.65 bits per heavy atom. The Kier molecular flexibility index (Phi) is 2.82. The van der Waals surface area contributed by atoms with Gasteiger partial charge in [-0.3, -0.25) is 4.79 Å². The summed E-state index contributed by atoms with van der Waals surface area (Å²) in [7, 11) is -3.27. The molecule has 3 fully saturated rings. The highest BCUT2D eigenvalue weighted by molar-refractivity contribution is 7.95. The van der Waals surface area contributed by atoms with Crippen molar-refractivity contribution in [2.24, 2.45) is 0 Å². The first-order valence-corrected chi connectivity index (χ1v) is 7.85. The molecule has 0 aliphatic carbocycles. The highest BCUT2D eigenvalue weighted by Crippen LogP contribution is 2.37. The zero-order valence-corrected chi connectivity index (χ0v) is 11.3. The molecule has 2 atom stereocenters. The van der Waals surface area contributed by atoms with Gasteiger partial charge in [-0.2, -0.15) is 0 Å². The minimum absolute atomic E-state index is 0.141. The lowest BCUT2D eigenvalue weighted by atomic mass is 10.0. The van der Waals surface area contributed by atoms with Gasteiger partial charge in [0.2, 0.25) is 5.91 Å². The second-order valence-electron chi connectivity index (χ2n) is 5.12. The average Bonchev–Trinajstić information content (AvgIpc) is 2.40. The van der Waals surface area contributed by atoms with E-state index in [1.807, 2.05) is 0 Å². The fraction of sp³-hybridized carbons (Fsp3) is 0.385. The molecule has 0 saturated carbocycles. The largest absolute Gasteiger partial charge is 0.478 e. The van der Waals surface area contributed by atoms with Gasteiger partial charge in [0.25, 0.3) is 0 Å². The Bertz CT molecular complexity index is 696. The molecule has 0 spiro atoms. The van der Waals surface area contributed by atoms with Gasteiger partial charge in [-0.25, -0.2) is 13.2 Å². The zero-order valence-electron chi connectivity index (χ0n) is 10.5. The summed E-state index contributed by atoms with van der Waals surface area (Å²) in [6.45, 7) is 0.301. The van der Waals surface area contributed by atoms with Crippen LogP contribution in [0.3, 0.4) is 0 Å². The van der Waals surface area contributed by atoms with Crippen molar-refractivity contribution in [2.75, 3.05) is 6.54 Å². The van der Waals surface area contributed by atoms with Gasteiger partial charge in [-0.05, 0) is 18.1 Å². The average molecular weight is 295 g/mol. The minimum Gasteiger partial charge on any atom is -0.478 e. The number of rotatable bonds is 3. The fourth-order valence-corrected chi connectivity index (χ4v) is 4.68. The van der Waals surface area contributed by atoms with Crippen LogP contribution in [0.4, 0.5) is 0 Å². The number of amides is 1. The number of hydrogen-bond acceptors (Lipinski definition) is 4. The molecule has 106 valence electrons. The predicted octanol–water partition coefficient (Wildman–Crippen LogP) is 0.283. The number of aromatic carboxylic acids is 1. The second-order valence-corrected chi connectivity index (χ2v) is 7.53. The summed E-state index contributed by atoms with van der Waals surface area (Å²) in [6.07, 6.45) is 0.401. The van der Waals surface area contributed by atoms with Crippen LogP contribution in [0.1, 0.15) is 22.3 Å². The SMILES string of the molecule is O=C(O)c1ccccc1CN1CC2CC(C1=O)S2(=O)=O. The van der Waals surface area contributed by atoms with E-state index in [-0.39, 0.29) is 18.7 Å². The topological polar surface area (TPSA) is 91.8 Å². The standard InChI is InChI=1S/C13H13NO5S/c15-12-11-5-9(20(11,18)19)7-14(12)6-8-3-1-2-4-10(8)13(16)17/h1-4,9,11H,5-7H2,(H,16,17). The lowest BCUT2D eigenvalue weighted by Gasteiger charge is -2.45. The van der Waals surface area contributed by atoms with Crippen LogP contribution in [0, 0.1) is 0 Å². The van der Waals surface area contributed by atoms with Gasteiger partial charge < -0.3 is 10.0 Å². The highest BCUT2D eigenvalue weighted by Gasteiger charge is 2.56. The number of carbonyl (C=O) groups excluding carboxylic acids is 1. The Labute approximate surface area is 115 Å². The van der Waals surface area contributed by atoms with E-state index in [1.165, 1.54) is 11.0 Å². The Balaban J connectivity index is 1.84. The van der Waals surface area contributed by atoms with E-state index in [1.54, 1.807) is 18.2 Å². The molecular weight excluding hydrogens is 282 g/mol. The number of carboxylic acids is 1. The van der Waals surface area contributed by atoms with E-state index >= 15 is 0 Å². The number of fused-ring (bicyclic) bond motifs is 2. The van der Waals surface area contributed by atoms with Gasteiger partial charge >= 0.3 is 5.97 Å². The Morgan fingerprint density at radius 2 is 2.05 bits per heavy atom. The van der Waals surface area contributed by atoms with Crippen molar-refractivity contribution in [1.82, 2.24) is 4.90 Å². The van der Waals surface area contributed by atoms with Crippen LogP contribution in [0.5, 0.6) is 0 Å². The molecule has 7 heteroatoms. The number of benzene rings is 1. The van der Waals surface area contributed by atoms with E-state index in [0.717, 1.165) is 0 Å². The first kappa shape index (κ1) is 13.1. The van der Waals surface area contributed by atoms with E-state index < -0.39 is 32.2 Å². The van der Waals surface area contributed by atoms with Gasteiger partial charge in [0.1, 0.15) is 5.25 Å². The smallest absolute Gasteiger partial charge is 0.336 e. The van der Waals surface area contributed by atoms with E-state index in [0.29, 0.717) is 12.0 Å². The van der Waals surface area contributed by atoms with Crippen LogP contribution in [0.25, 0.3) is 0 Å². The molecule has 2 bridgehead atoms. The molecule has 1 amide bonds. The van der Waals surface area contributed by atoms with E-state index in [2.05, 4.69) is 0 Å². The number of piperidine rings is 1. The molecule has 6 nitrogen and oxygen atoms in total. The molecule has 2 unspecified atom stereocenters. The molecule has 3 aliphatic rings.